The molecule has 3 fully saturated rings. The molecule has 2 heterocycles. The zero-order valence-electron chi connectivity index (χ0n) is 10.8. The molecule has 1 spiro atoms. The van der Waals surface area contributed by atoms with Crippen molar-refractivity contribution >= 4 is 17.8 Å². The molecule has 2 aliphatic heterocycles. The van der Waals surface area contributed by atoms with Crippen LogP contribution in [-0.4, -0.2) is 42.0 Å². The van der Waals surface area contributed by atoms with Gasteiger partial charge in [-0.15, -0.1) is 0 Å². The number of rotatable bonds is 2. The molecule has 0 aromatic rings. The van der Waals surface area contributed by atoms with Crippen LogP contribution in [0.1, 0.15) is 38.5 Å². The van der Waals surface area contributed by atoms with Crippen molar-refractivity contribution in [3.63, 3.8) is 0 Å². The van der Waals surface area contributed by atoms with E-state index in [0.717, 1.165) is 25.7 Å². The van der Waals surface area contributed by atoms with Gasteiger partial charge in [0.25, 0.3) is 0 Å². The number of urea groups is 1. The minimum Gasteiger partial charge on any atom is -0.376 e. The van der Waals surface area contributed by atoms with Gasteiger partial charge in [-0.25, -0.2) is 4.79 Å². The second kappa shape index (κ2) is 4.59. The maximum atomic E-state index is 12.5. The van der Waals surface area contributed by atoms with Gasteiger partial charge in [0.1, 0.15) is 5.41 Å². The first kappa shape index (κ1) is 12.6. The summed E-state index contributed by atoms with van der Waals surface area (Å²) in [5, 5.41) is 2.34. The van der Waals surface area contributed by atoms with Crippen molar-refractivity contribution in [1.29, 1.82) is 0 Å². The van der Waals surface area contributed by atoms with Gasteiger partial charge in [0.2, 0.25) is 11.8 Å². The van der Waals surface area contributed by atoms with E-state index in [2.05, 4.69) is 5.32 Å². The molecule has 0 radical (unpaired) electrons. The molecule has 6 heteroatoms. The lowest BCUT2D eigenvalue weighted by atomic mass is 9.82. The number of amides is 4. The fraction of sp³-hybridized carbons (Fsp3) is 0.769. The summed E-state index contributed by atoms with van der Waals surface area (Å²) in [5.74, 6) is -0.738. The van der Waals surface area contributed by atoms with Crippen LogP contribution in [-0.2, 0) is 14.3 Å². The van der Waals surface area contributed by atoms with Gasteiger partial charge in [-0.3, -0.25) is 19.8 Å². The summed E-state index contributed by atoms with van der Waals surface area (Å²) in [7, 11) is 0. The van der Waals surface area contributed by atoms with Crippen molar-refractivity contribution in [2.45, 2.75) is 44.6 Å². The predicted molar refractivity (Wildman–Crippen MR) is 65.1 cm³/mol. The van der Waals surface area contributed by atoms with Gasteiger partial charge in [-0.05, 0) is 25.7 Å². The van der Waals surface area contributed by atoms with Crippen LogP contribution < -0.4 is 5.32 Å². The monoisotopic (exact) mass is 266 g/mol. The molecule has 1 N–H and O–H groups in total. The number of carbonyl (C=O) groups is 3. The van der Waals surface area contributed by atoms with Crippen molar-refractivity contribution in [1.82, 2.24) is 10.2 Å². The molecule has 19 heavy (non-hydrogen) atoms. The van der Waals surface area contributed by atoms with Crippen LogP contribution in [0.15, 0.2) is 0 Å². The number of barbiturate groups is 1. The SMILES string of the molecule is O=C1NC(=O)C2(CCCC2)C(=O)N1CC1CCCO1. The molecule has 1 atom stereocenters. The minimum atomic E-state index is -0.994. The molecule has 1 aliphatic carbocycles. The van der Waals surface area contributed by atoms with E-state index < -0.39 is 17.4 Å². The molecular weight excluding hydrogens is 248 g/mol. The Bertz CT molecular complexity index is 422. The average Bonchev–Trinajstić information content (AvgIpc) is 3.05. The third kappa shape index (κ3) is 1.94. The van der Waals surface area contributed by atoms with E-state index in [1.807, 2.05) is 0 Å². The lowest BCUT2D eigenvalue weighted by molar-refractivity contribution is -0.152. The maximum Gasteiger partial charge on any atom is 0.330 e. The van der Waals surface area contributed by atoms with Gasteiger partial charge in [0.05, 0.1) is 12.6 Å². The molecule has 3 aliphatic rings. The highest BCUT2D eigenvalue weighted by atomic mass is 16.5. The summed E-state index contributed by atoms with van der Waals surface area (Å²) >= 11 is 0. The van der Waals surface area contributed by atoms with Crippen LogP contribution in [0.25, 0.3) is 0 Å². The number of hydrogen-bond acceptors (Lipinski definition) is 4. The first-order valence-corrected chi connectivity index (χ1v) is 6.92. The Morgan fingerprint density at radius 2 is 1.95 bits per heavy atom. The predicted octanol–water partition coefficient (Wildman–Crippen LogP) is 0.804. The molecule has 3 rings (SSSR count). The van der Waals surface area contributed by atoms with Crippen LogP contribution in [0.3, 0.4) is 0 Å². The Balaban J connectivity index is 1.80. The molecule has 2 saturated heterocycles. The van der Waals surface area contributed by atoms with Gasteiger partial charge < -0.3 is 4.74 Å². The van der Waals surface area contributed by atoms with Crippen LogP contribution in [0.4, 0.5) is 4.79 Å². The van der Waals surface area contributed by atoms with Gasteiger partial charge in [-0.2, -0.15) is 0 Å². The topological polar surface area (TPSA) is 75.7 Å². The molecule has 104 valence electrons. The standard InChI is InChI=1S/C13H18N2O4/c16-10-13(5-1-2-6-13)11(17)15(12(18)14-10)8-9-4-3-7-19-9/h9H,1-8H2,(H,14,16,18). The average molecular weight is 266 g/mol. The van der Waals surface area contributed by atoms with E-state index in [1.165, 1.54) is 4.90 Å². The quantitative estimate of drug-likeness (QED) is 0.750. The Morgan fingerprint density at radius 1 is 1.21 bits per heavy atom. The Kier molecular flexibility index (Phi) is 3.05. The Hall–Kier alpha value is -1.43. The smallest absolute Gasteiger partial charge is 0.330 e. The number of nitrogens with one attached hydrogen (secondary N) is 1. The van der Waals surface area contributed by atoms with Gasteiger partial charge in [0, 0.05) is 6.61 Å². The van der Waals surface area contributed by atoms with Crippen molar-refractivity contribution < 1.29 is 19.1 Å². The highest BCUT2D eigenvalue weighted by Crippen LogP contribution is 2.41. The van der Waals surface area contributed by atoms with Crippen LogP contribution >= 0.6 is 0 Å². The highest BCUT2D eigenvalue weighted by Gasteiger charge is 2.55. The zero-order chi connectivity index (χ0) is 13.5. The molecule has 0 bridgehead atoms. The minimum absolute atomic E-state index is 0.0821. The summed E-state index contributed by atoms with van der Waals surface area (Å²) in [6, 6.07) is -0.594. The summed E-state index contributed by atoms with van der Waals surface area (Å²) in [6.07, 6.45) is 4.56. The van der Waals surface area contributed by atoms with Crippen LogP contribution in [0, 0.1) is 5.41 Å². The summed E-state index contributed by atoms with van der Waals surface area (Å²) < 4.78 is 5.47. The number of imide groups is 2. The van der Waals surface area contributed by atoms with Crippen molar-refractivity contribution in [2.75, 3.05) is 13.2 Å². The molecule has 6 nitrogen and oxygen atoms in total. The summed E-state index contributed by atoms with van der Waals surface area (Å²) in [5.41, 5.74) is -0.994. The van der Waals surface area contributed by atoms with E-state index in [0.29, 0.717) is 19.4 Å². The molecule has 1 unspecified atom stereocenters. The fourth-order valence-electron chi connectivity index (χ4n) is 3.31. The lowest BCUT2D eigenvalue weighted by Gasteiger charge is -2.37. The Morgan fingerprint density at radius 3 is 2.58 bits per heavy atom. The third-order valence-corrected chi connectivity index (χ3v) is 4.42. The number of nitrogens with zero attached hydrogens (tertiary/aromatic N) is 1. The highest BCUT2D eigenvalue weighted by molar-refractivity contribution is 6.19. The first-order chi connectivity index (χ1) is 9.13. The summed E-state index contributed by atoms with van der Waals surface area (Å²) in [4.78, 5) is 37.6. The van der Waals surface area contributed by atoms with E-state index in [1.54, 1.807) is 0 Å². The second-order valence-corrected chi connectivity index (χ2v) is 5.60. The Labute approximate surface area is 111 Å². The fourth-order valence-corrected chi connectivity index (χ4v) is 3.31. The molecule has 0 aromatic carbocycles. The van der Waals surface area contributed by atoms with Crippen LogP contribution in [0.5, 0.6) is 0 Å². The van der Waals surface area contributed by atoms with Gasteiger partial charge in [-0.1, -0.05) is 12.8 Å². The molecule has 0 aromatic heterocycles. The van der Waals surface area contributed by atoms with E-state index in [-0.39, 0.29) is 18.6 Å². The van der Waals surface area contributed by atoms with Gasteiger partial charge in [0.15, 0.2) is 0 Å². The van der Waals surface area contributed by atoms with Crippen LogP contribution in [0.2, 0.25) is 0 Å². The first-order valence-electron chi connectivity index (χ1n) is 6.92. The van der Waals surface area contributed by atoms with Crippen molar-refractivity contribution in [2.24, 2.45) is 5.41 Å². The van der Waals surface area contributed by atoms with Crippen molar-refractivity contribution in [3.8, 4) is 0 Å². The zero-order valence-corrected chi connectivity index (χ0v) is 10.8. The number of carbonyl (C=O) groups excluding carboxylic acids is 3. The number of hydrogen-bond donors (Lipinski definition) is 1. The normalized spacial score (nSPS) is 30.2. The lowest BCUT2D eigenvalue weighted by Crippen LogP contribution is -2.64. The van der Waals surface area contributed by atoms with E-state index in [4.69, 9.17) is 4.74 Å². The molecule has 1 saturated carbocycles. The van der Waals surface area contributed by atoms with Gasteiger partial charge >= 0.3 is 6.03 Å². The second-order valence-electron chi connectivity index (χ2n) is 5.60. The van der Waals surface area contributed by atoms with Crippen molar-refractivity contribution in [3.05, 3.63) is 0 Å². The largest absolute Gasteiger partial charge is 0.376 e. The van der Waals surface area contributed by atoms with E-state index >= 15 is 0 Å². The summed E-state index contributed by atoms with van der Waals surface area (Å²) in [6.45, 7) is 0.943. The molecule has 4 amide bonds. The number of ether oxygens (including phenoxy) is 1. The third-order valence-electron chi connectivity index (χ3n) is 4.42. The molecular formula is C13H18N2O4. The van der Waals surface area contributed by atoms with E-state index in [9.17, 15) is 14.4 Å². The maximum absolute atomic E-state index is 12.5.